The van der Waals surface area contributed by atoms with Crippen LogP contribution < -0.4 is 4.74 Å². The van der Waals surface area contributed by atoms with E-state index in [1.165, 1.54) is 5.56 Å². The molecule has 8 nitrogen and oxygen atoms in total. The lowest BCUT2D eigenvalue weighted by molar-refractivity contribution is -0.144. The first-order chi connectivity index (χ1) is 16.7. The smallest absolute Gasteiger partial charge is 0.344 e. The first-order valence-corrected chi connectivity index (χ1v) is 13.8. The molecule has 3 heterocycles. The Labute approximate surface area is 204 Å². The molecule has 35 heavy (non-hydrogen) atoms. The number of aryl methyl sites for hydroxylation is 3. The van der Waals surface area contributed by atoms with Gasteiger partial charge >= 0.3 is 5.97 Å². The number of Topliss-reactive ketones (excluding diaryl/α,β-unsaturated/α-hetero) is 1. The number of furan rings is 1. The van der Waals surface area contributed by atoms with Crippen LogP contribution in [-0.2, 0) is 32.2 Å². The van der Waals surface area contributed by atoms with E-state index in [1.54, 1.807) is 19.1 Å². The molecule has 2 aromatic heterocycles. The number of hydrogen-bond donors (Lipinski definition) is 0. The Balaban J connectivity index is 1.18. The maximum absolute atomic E-state index is 12.7. The lowest BCUT2D eigenvalue weighted by Gasteiger charge is -2.16. The van der Waals surface area contributed by atoms with Gasteiger partial charge in [0.05, 0.1) is 11.5 Å². The normalized spacial score (nSPS) is 19.0. The molecule has 0 spiro atoms. The zero-order chi connectivity index (χ0) is 24.7. The first kappa shape index (κ1) is 23.7. The molecule has 1 saturated heterocycles. The summed E-state index contributed by atoms with van der Waals surface area (Å²) < 4.78 is 42.4. The monoisotopic (exact) mass is 499 g/mol. The van der Waals surface area contributed by atoms with Gasteiger partial charge in [0.15, 0.2) is 23.1 Å². The highest BCUT2D eigenvalue weighted by atomic mass is 32.2. The van der Waals surface area contributed by atoms with E-state index in [9.17, 15) is 18.0 Å². The van der Waals surface area contributed by atoms with Gasteiger partial charge in [-0.25, -0.2) is 13.2 Å². The molecule has 1 aliphatic heterocycles. The van der Waals surface area contributed by atoms with Gasteiger partial charge in [-0.15, -0.1) is 0 Å². The zero-order valence-corrected chi connectivity index (χ0v) is 20.8. The average molecular weight is 500 g/mol. The van der Waals surface area contributed by atoms with Crippen molar-refractivity contribution in [3.63, 3.8) is 0 Å². The quantitative estimate of drug-likeness (QED) is 0.359. The van der Waals surface area contributed by atoms with E-state index in [2.05, 4.69) is 0 Å². The van der Waals surface area contributed by atoms with E-state index in [4.69, 9.17) is 13.9 Å². The molecule has 5 rings (SSSR count). The lowest BCUT2D eigenvalue weighted by Crippen LogP contribution is -2.20. The third-order valence-corrected chi connectivity index (χ3v) is 8.76. The van der Waals surface area contributed by atoms with Crippen molar-refractivity contribution < 1.29 is 31.9 Å². The third kappa shape index (κ3) is 4.74. The number of benzene rings is 1. The number of aromatic nitrogens is 1. The van der Waals surface area contributed by atoms with E-state index in [0.717, 1.165) is 48.1 Å². The van der Waals surface area contributed by atoms with Gasteiger partial charge < -0.3 is 18.5 Å². The van der Waals surface area contributed by atoms with Crippen molar-refractivity contribution in [2.75, 3.05) is 24.7 Å². The number of carbonyl (C=O) groups is 2. The number of fused-ring (bicyclic) bond motifs is 3. The summed E-state index contributed by atoms with van der Waals surface area (Å²) in [6.45, 7) is 2.94. The molecule has 0 N–H and O–H groups in total. The molecule has 1 aromatic carbocycles. The van der Waals surface area contributed by atoms with Crippen LogP contribution in [0.1, 0.15) is 58.4 Å². The van der Waals surface area contributed by atoms with Crippen LogP contribution >= 0.6 is 0 Å². The van der Waals surface area contributed by atoms with Gasteiger partial charge in [-0.2, -0.15) is 0 Å². The number of sulfone groups is 1. The minimum absolute atomic E-state index is 0.0801. The molecule has 1 aliphatic carbocycles. The fraction of sp³-hybridized carbons (Fsp3) is 0.462. The predicted molar refractivity (Wildman–Crippen MR) is 130 cm³/mol. The van der Waals surface area contributed by atoms with Crippen LogP contribution in [0, 0.1) is 13.8 Å². The van der Waals surface area contributed by atoms with Gasteiger partial charge in [0.25, 0.3) is 0 Å². The summed E-state index contributed by atoms with van der Waals surface area (Å²) in [6.07, 6.45) is 4.73. The van der Waals surface area contributed by atoms with Gasteiger partial charge in [-0.05, 0) is 63.8 Å². The highest BCUT2D eigenvalue weighted by molar-refractivity contribution is 7.91. The summed E-state index contributed by atoms with van der Waals surface area (Å²) >= 11 is 0. The summed E-state index contributed by atoms with van der Waals surface area (Å²) in [7, 11) is -3.05. The van der Waals surface area contributed by atoms with Crippen LogP contribution in [0.5, 0.6) is 5.75 Å². The molecule has 2 aliphatic rings. The van der Waals surface area contributed by atoms with Crippen molar-refractivity contribution >= 4 is 32.6 Å². The molecule has 1 atom stereocenters. The molecule has 1 unspecified atom stereocenters. The number of nitrogens with zero attached hydrogens (tertiary/aromatic N) is 1. The fourth-order valence-electron chi connectivity index (χ4n) is 5.34. The van der Waals surface area contributed by atoms with Crippen LogP contribution in [0.3, 0.4) is 0 Å². The maximum Gasteiger partial charge on any atom is 0.344 e. The largest absolute Gasteiger partial charge is 0.482 e. The molecule has 0 saturated carbocycles. The highest BCUT2D eigenvalue weighted by Crippen LogP contribution is 2.34. The van der Waals surface area contributed by atoms with Gasteiger partial charge in [0.1, 0.15) is 17.1 Å². The highest BCUT2D eigenvalue weighted by Gasteiger charge is 2.31. The second-order valence-corrected chi connectivity index (χ2v) is 11.7. The van der Waals surface area contributed by atoms with Crippen molar-refractivity contribution in [2.45, 2.75) is 52.0 Å². The second kappa shape index (κ2) is 9.18. The average Bonchev–Trinajstić information content (AvgIpc) is 3.47. The van der Waals surface area contributed by atoms with Gasteiger partial charge in [0, 0.05) is 40.4 Å². The zero-order valence-electron chi connectivity index (χ0n) is 20.0. The van der Waals surface area contributed by atoms with Crippen LogP contribution in [-0.4, -0.2) is 49.5 Å². The number of hydrogen-bond acceptors (Lipinski definition) is 7. The molecule has 1 fully saturated rings. The molecule has 0 amide bonds. The Morgan fingerprint density at radius 3 is 2.69 bits per heavy atom. The Bertz CT molecular complexity index is 1410. The Kier molecular flexibility index (Phi) is 6.21. The minimum atomic E-state index is -3.05. The van der Waals surface area contributed by atoms with E-state index in [-0.39, 0.29) is 29.9 Å². The predicted octanol–water partition coefficient (Wildman–Crippen LogP) is 3.89. The van der Waals surface area contributed by atoms with Crippen LogP contribution in [0.2, 0.25) is 0 Å². The van der Waals surface area contributed by atoms with Gasteiger partial charge in [0.2, 0.25) is 5.78 Å². The number of ether oxygens (including phenoxy) is 2. The molecule has 3 aromatic rings. The maximum atomic E-state index is 12.7. The molecular weight excluding hydrogens is 470 g/mol. The Hall–Kier alpha value is -3.07. The van der Waals surface area contributed by atoms with Crippen LogP contribution in [0.4, 0.5) is 0 Å². The van der Waals surface area contributed by atoms with Crippen molar-refractivity contribution in [2.24, 2.45) is 0 Å². The second-order valence-electron chi connectivity index (χ2n) is 9.45. The summed E-state index contributed by atoms with van der Waals surface area (Å²) in [4.78, 5) is 25.0. The number of ketones is 1. The molecule has 0 bridgehead atoms. The van der Waals surface area contributed by atoms with Crippen molar-refractivity contribution in [1.29, 1.82) is 0 Å². The van der Waals surface area contributed by atoms with E-state index in [1.807, 2.05) is 23.6 Å². The van der Waals surface area contributed by atoms with Gasteiger partial charge in [-0.1, -0.05) is 0 Å². The van der Waals surface area contributed by atoms with Crippen molar-refractivity contribution in [3.8, 4) is 5.75 Å². The van der Waals surface area contributed by atoms with Gasteiger partial charge in [-0.3, -0.25) is 4.79 Å². The van der Waals surface area contributed by atoms with E-state index < -0.39 is 22.4 Å². The summed E-state index contributed by atoms with van der Waals surface area (Å²) in [5.74, 6) is 0.858. The van der Waals surface area contributed by atoms with Crippen molar-refractivity contribution in [1.82, 2.24) is 4.57 Å². The topological polar surface area (TPSA) is 105 Å². The molecule has 186 valence electrons. The van der Waals surface area contributed by atoms with Crippen molar-refractivity contribution in [3.05, 3.63) is 52.5 Å². The molecule has 0 radical (unpaired) electrons. The molecular formula is C26H29NO7S. The number of esters is 1. The van der Waals surface area contributed by atoms with Crippen LogP contribution in [0.15, 0.2) is 28.7 Å². The van der Waals surface area contributed by atoms with E-state index in [0.29, 0.717) is 23.4 Å². The van der Waals surface area contributed by atoms with E-state index >= 15 is 0 Å². The Morgan fingerprint density at radius 1 is 1.11 bits per heavy atom. The van der Waals surface area contributed by atoms with Crippen LogP contribution in [0.25, 0.3) is 11.0 Å². The standard InChI is InChI=1S/C26H29NO7S/c1-16-11-21(17(2)27(16)18-9-10-35(30,31)15-18)23(28)13-33-26(29)14-32-19-7-8-25-22(12-19)20-5-3-4-6-24(20)34-25/h7-8,11-12,18H,3-6,9-10,13-15H2,1-2H3. The first-order valence-electron chi connectivity index (χ1n) is 12.0. The lowest BCUT2D eigenvalue weighted by atomic mass is 9.96. The summed E-state index contributed by atoms with van der Waals surface area (Å²) in [5.41, 5.74) is 4.00. The fourth-order valence-corrected chi connectivity index (χ4v) is 7.04. The summed E-state index contributed by atoms with van der Waals surface area (Å²) in [6, 6.07) is 7.06. The molecule has 9 heteroatoms. The summed E-state index contributed by atoms with van der Waals surface area (Å²) in [5, 5.41) is 1.02. The minimum Gasteiger partial charge on any atom is -0.482 e. The SMILES string of the molecule is Cc1cc(C(=O)COC(=O)COc2ccc3oc4c(c3c2)CCCC4)c(C)n1C1CCS(=O)(=O)C1. The third-order valence-electron chi connectivity index (χ3n) is 7.01. The number of rotatable bonds is 7. The number of carbonyl (C=O) groups excluding carboxylic acids is 2. The Morgan fingerprint density at radius 2 is 1.91 bits per heavy atom.